The lowest BCUT2D eigenvalue weighted by atomic mass is 9.81. The second-order valence-electron chi connectivity index (χ2n) is 10.4. The lowest BCUT2D eigenvalue weighted by Gasteiger charge is -2.37. The number of nitriles is 1. The van der Waals surface area contributed by atoms with Crippen LogP contribution in [0.3, 0.4) is 0 Å². The van der Waals surface area contributed by atoms with Gasteiger partial charge in [-0.05, 0) is 44.5 Å². The number of anilines is 2. The standard InChI is InChI=1S/C30H32F3N5O6/c1-29(2,3)44-28(41)37-14-13-36-20-12-11-18(30(31,32)33)15-21(20)38-24(27(40)43-5)23(26(39)42-4)22(19(16-34)25(38)35)17-9-7-6-8-10-17/h6-12,15,22,36H,13-14,35H2,1-5H3,(H,37,41). The Hall–Kier alpha value is -5.19. The third-order valence-electron chi connectivity index (χ3n) is 6.28. The number of amides is 1. The third kappa shape index (κ3) is 7.41. The van der Waals surface area contributed by atoms with Crippen molar-refractivity contribution >= 4 is 29.4 Å². The summed E-state index contributed by atoms with van der Waals surface area (Å²) in [5.41, 5.74) is 3.57. The van der Waals surface area contributed by atoms with Gasteiger partial charge in [-0.15, -0.1) is 0 Å². The summed E-state index contributed by atoms with van der Waals surface area (Å²) in [5.74, 6) is -3.78. The molecule has 11 nitrogen and oxygen atoms in total. The zero-order chi connectivity index (χ0) is 32.8. The summed E-state index contributed by atoms with van der Waals surface area (Å²) in [4.78, 5) is 39.5. The van der Waals surface area contributed by atoms with Gasteiger partial charge in [-0.2, -0.15) is 18.4 Å². The fourth-order valence-corrected chi connectivity index (χ4v) is 4.48. The predicted molar refractivity (Wildman–Crippen MR) is 154 cm³/mol. The van der Waals surface area contributed by atoms with Crippen molar-refractivity contribution in [1.29, 1.82) is 5.26 Å². The summed E-state index contributed by atoms with van der Waals surface area (Å²) in [7, 11) is 2.08. The number of nitrogens with zero attached hydrogens (tertiary/aromatic N) is 2. The van der Waals surface area contributed by atoms with Crippen molar-refractivity contribution in [2.45, 2.75) is 38.5 Å². The topological polar surface area (TPSA) is 156 Å². The van der Waals surface area contributed by atoms with E-state index in [2.05, 4.69) is 10.6 Å². The number of alkyl carbamates (subject to hydrolysis) is 1. The number of hydrogen-bond donors (Lipinski definition) is 3. The Morgan fingerprint density at radius 2 is 1.64 bits per heavy atom. The first-order valence-electron chi connectivity index (χ1n) is 13.2. The van der Waals surface area contributed by atoms with E-state index in [1.807, 2.05) is 6.07 Å². The van der Waals surface area contributed by atoms with E-state index in [1.54, 1.807) is 51.1 Å². The molecule has 0 saturated carbocycles. The summed E-state index contributed by atoms with van der Waals surface area (Å²) in [5, 5.41) is 15.6. The smallest absolute Gasteiger partial charge is 0.416 e. The van der Waals surface area contributed by atoms with Gasteiger partial charge in [0, 0.05) is 13.1 Å². The summed E-state index contributed by atoms with van der Waals surface area (Å²) in [6, 6.07) is 12.7. The van der Waals surface area contributed by atoms with Crippen LogP contribution in [-0.4, -0.2) is 50.9 Å². The van der Waals surface area contributed by atoms with Crippen LogP contribution < -0.4 is 21.3 Å². The van der Waals surface area contributed by atoms with Crippen molar-refractivity contribution in [3.8, 4) is 6.07 Å². The summed E-state index contributed by atoms with van der Waals surface area (Å²) in [6.45, 7) is 5.04. The highest BCUT2D eigenvalue weighted by Gasteiger charge is 2.44. The maximum absolute atomic E-state index is 13.9. The first-order chi connectivity index (χ1) is 20.6. The normalized spacial score (nSPS) is 15.3. The van der Waals surface area contributed by atoms with E-state index in [1.165, 1.54) is 0 Å². The molecule has 44 heavy (non-hydrogen) atoms. The molecule has 2 aromatic rings. The molecule has 1 aliphatic rings. The van der Waals surface area contributed by atoms with Crippen LogP contribution in [0.15, 0.2) is 71.2 Å². The molecule has 0 aliphatic carbocycles. The average Bonchev–Trinajstić information content (AvgIpc) is 2.97. The van der Waals surface area contributed by atoms with Crippen LogP contribution in [0.5, 0.6) is 0 Å². The minimum Gasteiger partial charge on any atom is -0.466 e. The van der Waals surface area contributed by atoms with Gasteiger partial charge >= 0.3 is 24.2 Å². The average molecular weight is 616 g/mol. The van der Waals surface area contributed by atoms with Crippen LogP contribution in [-0.2, 0) is 30.0 Å². The number of carbonyl (C=O) groups excluding carboxylic acids is 3. The number of esters is 2. The van der Waals surface area contributed by atoms with Crippen LogP contribution in [0.25, 0.3) is 0 Å². The molecule has 1 unspecified atom stereocenters. The SMILES string of the molecule is COC(=O)C1=C(C(=O)OC)N(c2cc(C(F)(F)F)ccc2NCCNC(=O)OC(C)(C)C)C(N)=C(C#N)C1c1ccccc1. The maximum Gasteiger partial charge on any atom is 0.416 e. The summed E-state index contributed by atoms with van der Waals surface area (Å²) < 4.78 is 56.9. The van der Waals surface area contributed by atoms with Crippen LogP contribution in [0.1, 0.15) is 37.8 Å². The number of halogens is 3. The van der Waals surface area contributed by atoms with Crippen molar-refractivity contribution < 1.29 is 41.8 Å². The van der Waals surface area contributed by atoms with E-state index in [0.29, 0.717) is 11.6 Å². The number of nitrogens with two attached hydrogens (primary N) is 1. The fourth-order valence-electron chi connectivity index (χ4n) is 4.48. The van der Waals surface area contributed by atoms with Crippen molar-refractivity contribution in [3.63, 3.8) is 0 Å². The van der Waals surface area contributed by atoms with Gasteiger partial charge in [-0.1, -0.05) is 30.3 Å². The highest BCUT2D eigenvalue weighted by atomic mass is 19.4. The number of alkyl halides is 3. The van der Waals surface area contributed by atoms with Crippen molar-refractivity contribution in [3.05, 3.63) is 82.3 Å². The first-order valence-corrected chi connectivity index (χ1v) is 13.2. The Balaban J connectivity index is 2.24. The van der Waals surface area contributed by atoms with E-state index in [-0.39, 0.29) is 35.6 Å². The number of methoxy groups -OCH3 is 2. The first kappa shape index (κ1) is 33.3. The van der Waals surface area contributed by atoms with Crippen molar-refractivity contribution in [2.75, 3.05) is 37.5 Å². The van der Waals surface area contributed by atoms with Gasteiger partial charge in [0.1, 0.15) is 17.1 Å². The summed E-state index contributed by atoms with van der Waals surface area (Å²) >= 11 is 0. The van der Waals surface area contributed by atoms with Gasteiger partial charge in [0.15, 0.2) is 0 Å². The number of benzene rings is 2. The number of hydrogen-bond acceptors (Lipinski definition) is 10. The molecule has 234 valence electrons. The largest absolute Gasteiger partial charge is 0.466 e. The number of nitrogens with one attached hydrogen (secondary N) is 2. The van der Waals surface area contributed by atoms with Crippen LogP contribution in [0.4, 0.5) is 29.3 Å². The molecular formula is C30H32F3N5O6. The molecule has 1 amide bonds. The van der Waals surface area contributed by atoms with Crippen LogP contribution in [0, 0.1) is 11.3 Å². The minimum atomic E-state index is -4.81. The van der Waals surface area contributed by atoms with E-state index in [0.717, 1.165) is 31.3 Å². The Morgan fingerprint density at radius 3 is 2.18 bits per heavy atom. The molecule has 0 radical (unpaired) electrons. The molecule has 2 aromatic carbocycles. The molecule has 0 fully saturated rings. The molecule has 0 saturated heterocycles. The molecule has 1 aliphatic heterocycles. The van der Waals surface area contributed by atoms with Gasteiger partial charge in [-0.25, -0.2) is 14.4 Å². The zero-order valence-corrected chi connectivity index (χ0v) is 24.7. The number of allylic oxidation sites excluding steroid dienone is 1. The number of carbonyl (C=O) groups is 3. The molecule has 0 bridgehead atoms. The fraction of sp³-hybridized carbons (Fsp3) is 0.333. The minimum absolute atomic E-state index is 0.00601. The molecule has 4 N–H and O–H groups in total. The van der Waals surface area contributed by atoms with E-state index >= 15 is 0 Å². The zero-order valence-electron chi connectivity index (χ0n) is 24.7. The molecular weight excluding hydrogens is 583 g/mol. The van der Waals surface area contributed by atoms with Gasteiger partial charge in [-0.3, -0.25) is 4.90 Å². The monoisotopic (exact) mass is 615 g/mol. The number of rotatable bonds is 8. The van der Waals surface area contributed by atoms with Crippen molar-refractivity contribution in [1.82, 2.24) is 5.32 Å². The van der Waals surface area contributed by atoms with E-state index in [4.69, 9.17) is 19.9 Å². The molecule has 0 aromatic heterocycles. The Labute approximate surface area is 252 Å². The van der Waals surface area contributed by atoms with Gasteiger partial charge < -0.3 is 30.6 Å². The van der Waals surface area contributed by atoms with E-state index in [9.17, 15) is 32.8 Å². The Kier molecular flexibility index (Phi) is 10.2. The van der Waals surface area contributed by atoms with Crippen LogP contribution in [0.2, 0.25) is 0 Å². The highest BCUT2D eigenvalue weighted by Crippen LogP contribution is 2.46. The van der Waals surface area contributed by atoms with Gasteiger partial charge in [0.05, 0.1) is 54.3 Å². The Morgan fingerprint density at radius 1 is 1.00 bits per heavy atom. The van der Waals surface area contributed by atoms with Crippen molar-refractivity contribution in [2.24, 2.45) is 5.73 Å². The van der Waals surface area contributed by atoms with Crippen LogP contribution >= 0.6 is 0 Å². The molecule has 1 heterocycles. The second-order valence-corrected chi connectivity index (χ2v) is 10.4. The predicted octanol–water partition coefficient (Wildman–Crippen LogP) is 4.54. The lowest BCUT2D eigenvalue weighted by molar-refractivity contribution is -0.139. The van der Waals surface area contributed by atoms with Gasteiger partial charge in [0.2, 0.25) is 0 Å². The third-order valence-corrected chi connectivity index (χ3v) is 6.28. The molecule has 1 atom stereocenters. The molecule has 3 rings (SSSR count). The maximum atomic E-state index is 13.9. The van der Waals surface area contributed by atoms with Gasteiger partial charge in [0.25, 0.3) is 0 Å². The second kappa shape index (κ2) is 13.4. The quantitative estimate of drug-likeness (QED) is 0.219. The number of ether oxygens (including phenoxy) is 3. The lowest BCUT2D eigenvalue weighted by Crippen LogP contribution is -2.41. The Bertz CT molecular complexity index is 1520. The highest BCUT2D eigenvalue weighted by molar-refractivity contribution is 6.07. The summed E-state index contributed by atoms with van der Waals surface area (Å²) in [6.07, 6.45) is -5.52. The molecule has 14 heteroatoms. The molecule has 0 spiro atoms. The van der Waals surface area contributed by atoms with E-state index < -0.39 is 52.8 Å².